The van der Waals surface area contributed by atoms with E-state index >= 15 is 0 Å². The van der Waals surface area contributed by atoms with Gasteiger partial charge in [0.25, 0.3) is 11.7 Å². The second kappa shape index (κ2) is 11.0. The largest absolute Gasteiger partial charge is 0.507 e. The zero-order valence-electron chi connectivity index (χ0n) is 19.1. The summed E-state index contributed by atoms with van der Waals surface area (Å²) in [7, 11) is 0. The molecule has 0 aliphatic carbocycles. The fourth-order valence-electron chi connectivity index (χ4n) is 4.15. The molecule has 170 valence electrons. The van der Waals surface area contributed by atoms with Crippen molar-refractivity contribution in [3.8, 4) is 5.75 Å². The monoisotopic (exact) mass is 436 g/mol. The molecule has 0 bridgehead atoms. The molecule has 32 heavy (non-hydrogen) atoms. The van der Waals surface area contributed by atoms with Gasteiger partial charge in [0.2, 0.25) is 0 Å². The molecule has 6 heteroatoms. The summed E-state index contributed by atoms with van der Waals surface area (Å²) in [5.41, 5.74) is 1.38. The zero-order chi connectivity index (χ0) is 23.1. The summed E-state index contributed by atoms with van der Waals surface area (Å²) in [6.45, 7) is 9.76. The van der Waals surface area contributed by atoms with Crippen LogP contribution in [-0.2, 0) is 9.59 Å². The molecule has 2 aromatic carbocycles. The number of amides is 1. The number of likely N-dealkylation sites (tertiary alicyclic amines) is 1. The molecule has 3 rings (SSSR count). The number of carbonyl (C=O) groups excluding carboxylic acids is 2. The van der Waals surface area contributed by atoms with Gasteiger partial charge in [0.05, 0.1) is 18.2 Å². The smallest absolute Gasteiger partial charge is 0.295 e. The van der Waals surface area contributed by atoms with Crippen LogP contribution in [0.15, 0.2) is 60.2 Å². The second-order valence-electron chi connectivity index (χ2n) is 7.74. The van der Waals surface area contributed by atoms with Crippen LogP contribution in [0.2, 0.25) is 0 Å². The Hall–Kier alpha value is -3.12. The lowest BCUT2D eigenvalue weighted by molar-refractivity contribution is -0.140. The molecule has 1 amide bonds. The van der Waals surface area contributed by atoms with Gasteiger partial charge in [0, 0.05) is 12.1 Å². The molecule has 1 aliphatic rings. The summed E-state index contributed by atoms with van der Waals surface area (Å²) in [6.07, 6.45) is 0.738. The van der Waals surface area contributed by atoms with E-state index in [2.05, 4.69) is 18.7 Å². The number of ketones is 1. The number of benzene rings is 2. The van der Waals surface area contributed by atoms with Crippen molar-refractivity contribution in [2.45, 2.75) is 33.2 Å². The predicted octanol–water partition coefficient (Wildman–Crippen LogP) is 4.24. The van der Waals surface area contributed by atoms with Gasteiger partial charge in [-0.1, -0.05) is 56.3 Å². The molecular weight excluding hydrogens is 404 g/mol. The normalized spacial score (nSPS) is 17.9. The number of aliphatic hydroxyl groups is 1. The minimum atomic E-state index is -0.660. The van der Waals surface area contributed by atoms with E-state index in [1.807, 2.05) is 37.3 Å². The predicted molar refractivity (Wildman–Crippen MR) is 125 cm³/mol. The number of aliphatic hydroxyl groups excluding tert-OH is 1. The minimum absolute atomic E-state index is 0.123. The highest BCUT2D eigenvalue weighted by molar-refractivity contribution is 6.46. The Morgan fingerprint density at radius 2 is 1.75 bits per heavy atom. The molecule has 1 fully saturated rings. The summed E-state index contributed by atoms with van der Waals surface area (Å²) in [6, 6.07) is 15.6. The SMILES string of the molecule is CCOc1cccc(C2C(=C(O)c3ccccc3)C(=O)C(=O)N2CCCN(CC)CC)c1. The van der Waals surface area contributed by atoms with Crippen molar-refractivity contribution in [1.82, 2.24) is 9.80 Å². The molecular formula is C26H32N2O4. The number of nitrogens with zero attached hydrogens (tertiary/aromatic N) is 2. The molecule has 0 radical (unpaired) electrons. The van der Waals surface area contributed by atoms with Crippen LogP contribution in [0, 0.1) is 0 Å². The van der Waals surface area contributed by atoms with Crippen LogP contribution in [0.25, 0.3) is 5.76 Å². The Labute approximate surface area is 190 Å². The van der Waals surface area contributed by atoms with Crippen molar-refractivity contribution in [3.05, 3.63) is 71.3 Å². The third-order valence-electron chi connectivity index (χ3n) is 5.84. The van der Waals surface area contributed by atoms with Gasteiger partial charge in [0.1, 0.15) is 11.5 Å². The Kier molecular flexibility index (Phi) is 8.06. The van der Waals surface area contributed by atoms with E-state index in [0.717, 1.165) is 31.6 Å². The third kappa shape index (κ3) is 5.02. The van der Waals surface area contributed by atoms with Crippen LogP contribution in [0.1, 0.15) is 44.4 Å². The van der Waals surface area contributed by atoms with Crippen molar-refractivity contribution in [3.63, 3.8) is 0 Å². The Bertz CT molecular complexity index is 967. The van der Waals surface area contributed by atoms with Crippen molar-refractivity contribution < 1.29 is 19.4 Å². The van der Waals surface area contributed by atoms with E-state index in [1.165, 1.54) is 0 Å². The highest BCUT2D eigenvalue weighted by atomic mass is 16.5. The third-order valence-corrected chi connectivity index (χ3v) is 5.84. The van der Waals surface area contributed by atoms with Crippen LogP contribution < -0.4 is 4.74 Å². The number of rotatable bonds is 10. The van der Waals surface area contributed by atoms with Crippen LogP contribution in [0.4, 0.5) is 0 Å². The average Bonchev–Trinajstić information content (AvgIpc) is 3.07. The number of hydrogen-bond acceptors (Lipinski definition) is 5. The van der Waals surface area contributed by atoms with Crippen LogP contribution >= 0.6 is 0 Å². The maximum absolute atomic E-state index is 13.1. The first-order valence-electron chi connectivity index (χ1n) is 11.3. The van der Waals surface area contributed by atoms with Gasteiger partial charge in [-0.3, -0.25) is 9.59 Å². The van der Waals surface area contributed by atoms with E-state index in [1.54, 1.807) is 29.2 Å². The number of ether oxygens (including phenoxy) is 1. The molecule has 1 saturated heterocycles. The van der Waals surface area contributed by atoms with Gasteiger partial charge in [0.15, 0.2) is 0 Å². The summed E-state index contributed by atoms with van der Waals surface area (Å²) in [5, 5.41) is 11.1. The number of Topliss-reactive ketones (excluding diaryl/α,β-unsaturated/α-hetero) is 1. The lowest BCUT2D eigenvalue weighted by atomic mass is 9.95. The van der Waals surface area contributed by atoms with Crippen LogP contribution in [-0.4, -0.2) is 59.4 Å². The summed E-state index contributed by atoms with van der Waals surface area (Å²) < 4.78 is 5.64. The van der Waals surface area contributed by atoms with E-state index in [0.29, 0.717) is 24.5 Å². The number of hydrogen-bond donors (Lipinski definition) is 1. The van der Waals surface area contributed by atoms with Crippen molar-refractivity contribution in [2.24, 2.45) is 0 Å². The molecule has 0 saturated carbocycles. The lowest BCUT2D eigenvalue weighted by Crippen LogP contribution is -2.33. The maximum Gasteiger partial charge on any atom is 0.295 e. The molecule has 1 heterocycles. The van der Waals surface area contributed by atoms with E-state index < -0.39 is 17.7 Å². The van der Waals surface area contributed by atoms with Crippen LogP contribution in [0.3, 0.4) is 0 Å². The van der Waals surface area contributed by atoms with Gasteiger partial charge in [-0.05, 0) is 50.7 Å². The van der Waals surface area contributed by atoms with Crippen molar-refractivity contribution in [1.29, 1.82) is 0 Å². The topological polar surface area (TPSA) is 70.1 Å². The summed E-state index contributed by atoms with van der Waals surface area (Å²) >= 11 is 0. The summed E-state index contributed by atoms with van der Waals surface area (Å²) in [4.78, 5) is 30.0. The van der Waals surface area contributed by atoms with Gasteiger partial charge >= 0.3 is 0 Å². The molecule has 0 spiro atoms. The molecule has 1 aliphatic heterocycles. The highest BCUT2D eigenvalue weighted by Gasteiger charge is 2.45. The first-order chi connectivity index (χ1) is 15.5. The molecule has 1 unspecified atom stereocenters. The van der Waals surface area contributed by atoms with Crippen LogP contribution in [0.5, 0.6) is 5.75 Å². The van der Waals surface area contributed by atoms with E-state index in [4.69, 9.17) is 4.74 Å². The van der Waals surface area contributed by atoms with Gasteiger partial charge < -0.3 is 19.6 Å². The average molecular weight is 437 g/mol. The first kappa shape index (κ1) is 23.5. The summed E-state index contributed by atoms with van der Waals surface area (Å²) in [5.74, 6) is -0.713. The molecule has 6 nitrogen and oxygen atoms in total. The minimum Gasteiger partial charge on any atom is -0.507 e. The zero-order valence-corrected chi connectivity index (χ0v) is 19.1. The molecule has 2 aromatic rings. The van der Waals surface area contributed by atoms with Crippen molar-refractivity contribution >= 4 is 17.4 Å². The standard InChI is InChI=1S/C26H32N2O4/c1-4-27(5-2)16-11-17-28-23(20-14-10-15-21(18-20)32-6-3)22(25(30)26(28)31)24(29)19-12-8-7-9-13-19/h7-10,12-15,18,23,29H,4-6,11,16-17H2,1-3H3. The quantitative estimate of drug-likeness (QED) is 0.343. The fourth-order valence-corrected chi connectivity index (χ4v) is 4.15. The lowest BCUT2D eigenvalue weighted by Gasteiger charge is -2.27. The maximum atomic E-state index is 13.1. The van der Waals surface area contributed by atoms with E-state index in [-0.39, 0.29) is 11.3 Å². The second-order valence-corrected chi connectivity index (χ2v) is 7.74. The van der Waals surface area contributed by atoms with Crippen molar-refractivity contribution in [2.75, 3.05) is 32.8 Å². The molecule has 1 N–H and O–H groups in total. The Morgan fingerprint density at radius 1 is 1.03 bits per heavy atom. The number of carbonyl (C=O) groups is 2. The van der Waals surface area contributed by atoms with Gasteiger partial charge in [-0.15, -0.1) is 0 Å². The fraction of sp³-hybridized carbons (Fsp3) is 0.385. The Balaban J connectivity index is 2.03. The highest BCUT2D eigenvalue weighted by Crippen LogP contribution is 2.40. The Morgan fingerprint density at radius 3 is 2.41 bits per heavy atom. The molecule has 1 atom stereocenters. The first-order valence-corrected chi connectivity index (χ1v) is 11.3. The van der Waals surface area contributed by atoms with Gasteiger partial charge in [-0.25, -0.2) is 0 Å². The van der Waals surface area contributed by atoms with Gasteiger partial charge in [-0.2, -0.15) is 0 Å². The van der Waals surface area contributed by atoms with E-state index in [9.17, 15) is 14.7 Å². The molecule has 0 aromatic heterocycles.